The molecule has 0 bridgehead atoms. The van der Waals surface area contributed by atoms with Gasteiger partial charge in [0.25, 0.3) is 0 Å². The SMILES string of the molecule is CC(C)c1ccc(C(C#N)CC(=O)N2CCCC2)cc1. The van der Waals surface area contributed by atoms with E-state index in [1.54, 1.807) is 0 Å². The van der Waals surface area contributed by atoms with Crippen molar-refractivity contribution >= 4 is 5.91 Å². The molecule has 106 valence electrons. The van der Waals surface area contributed by atoms with Crippen LogP contribution in [0, 0.1) is 11.3 Å². The number of amides is 1. The van der Waals surface area contributed by atoms with Gasteiger partial charge in [-0.3, -0.25) is 4.79 Å². The highest BCUT2D eigenvalue weighted by atomic mass is 16.2. The molecule has 3 heteroatoms. The lowest BCUT2D eigenvalue weighted by atomic mass is 9.93. The summed E-state index contributed by atoms with van der Waals surface area (Å²) in [6.07, 6.45) is 2.48. The van der Waals surface area contributed by atoms with E-state index in [4.69, 9.17) is 0 Å². The molecular weight excluding hydrogens is 248 g/mol. The topological polar surface area (TPSA) is 44.1 Å². The zero-order valence-corrected chi connectivity index (χ0v) is 12.3. The van der Waals surface area contributed by atoms with Gasteiger partial charge < -0.3 is 4.90 Å². The summed E-state index contributed by atoms with van der Waals surface area (Å²) in [7, 11) is 0. The van der Waals surface area contributed by atoms with Crippen LogP contribution in [-0.2, 0) is 4.79 Å². The molecule has 1 aliphatic rings. The molecule has 1 fully saturated rings. The molecule has 0 spiro atoms. The van der Waals surface area contributed by atoms with E-state index in [9.17, 15) is 10.1 Å². The Balaban J connectivity index is 2.04. The normalized spacial score (nSPS) is 16.2. The van der Waals surface area contributed by atoms with Crippen LogP contribution in [0.15, 0.2) is 24.3 Å². The van der Waals surface area contributed by atoms with Crippen LogP contribution < -0.4 is 0 Å². The van der Waals surface area contributed by atoms with Crippen molar-refractivity contribution in [2.75, 3.05) is 13.1 Å². The molecule has 1 aromatic rings. The summed E-state index contributed by atoms with van der Waals surface area (Å²) in [4.78, 5) is 14.0. The Morgan fingerprint density at radius 2 is 1.75 bits per heavy atom. The first kappa shape index (κ1) is 14.6. The van der Waals surface area contributed by atoms with Crippen LogP contribution in [0.3, 0.4) is 0 Å². The molecule has 0 N–H and O–H groups in total. The highest BCUT2D eigenvalue weighted by molar-refractivity contribution is 5.77. The van der Waals surface area contributed by atoms with Gasteiger partial charge in [0.1, 0.15) is 0 Å². The van der Waals surface area contributed by atoms with Crippen LogP contribution in [0.2, 0.25) is 0 Å². The number of nitriles is 1. The van der Waals surface area contributed by atoms with Crippen LogP contribution >= 0.6 is 0 Å². The van der Waals surface area contributed by atoms with Gasteiger partial charge in [-0.15, -0.1) is 0 Å². The van der Waals surface area contributed by atoms with E-state index in [-0.39, 0.29) is 11.8 Å². The lowest BCUT2D eigenvalue weighted by Crippen LogP contribution is -2.28. The Kier molecular flexibility index (Phi) is 4.79. The molecule has 1 amide bonds. The van der Waals surface area contributed by atoms with Crippen molar-refractivity contribution in [3.63, 3.8) is 0 Å². The number of nitrogens with zero attached hydrogens (tertiary/aromatic N) is 2. The summed E-state index contributed by atoms with van der Waals surface area (Å²) < 4.78 is 0. The van der Waals surface area contributed by atoms with E-state index in [0.717, 1.165) is 31.5 Å². The van der Waals surface area contributed by atoms with Crippen LogP contribution in [0.25, 0.3) is 0 Å². The third-order valence-electron chi connectivity index (χ3n) is 4.00. The predicted octanol–water partition coefficient (Wildman–Crippen LogP) is 3.43. The molecule has 1 aromatic carbocycles. The van der Waals surface area contributed by atoms with E-state index in [2.05, 4.69) is 32.0 Å². The minimum Gasteiger partial charge on any atom is -0.343 e. The van der Waals surface area contributed by atoms with Crippen molar-refractivity contribution in [2.24, 2.45) is 0 Å². The Labute approximate surface area is 121 Å². The van der Waals surface area contributed by atoms with Crippen LogP contribution in [-0.4, -0.2) is 23.9 Å². The molecule has 0 radical (unpaired) electrons. The lowest BCUT2D eigenvalue weighted by molar-refractivity contribution is -0.130. The number of hydrogen-bond donors (Lipinski definition) is 0. The molecule has 0 saturated carbocycles. The fraction of sp³-hybridized carbons (Fsp3) is 0.529. The first-order valence-electron chi connectivity index (χ1n) is 7.39. The van der Waals surface area contributed by atoms with Gasteiger partial charge in [0.15, 0.2) is 0 Å². The van der Waals surface area contributed by atoms with Crippen molar-refractivity contribution in [3.05, 3.63) is 35.4 Å². The van der Waals surface area contributed by atoms with Gasteiger partial charge in [-0.05, 0) is 29.9 Å². The third-order valence-corrected chi connectivity index (χ3v) is 4.00. The van der Waals surface area contributed by atoms with Gasteiger partial charge in [-0.2, -0.15) is 5.26 Å². The fourth-order valence-electron chi connectivity index (χ4n) is 2.62. The third kappa shape index (κ3) is 3.39. The summed E-state index contributed by atoms with van der Waals surface area (Å²) in [5.74, 6) is 0.266. The molecule has 3 nitrogen and oxygen atoms in total. The average Bonchev–Trinajstić information content (AvgIpc) is 2.99. The second-order valence-corrected chi connectivity index (χ2v) is 5.80. The predicted molar refractivity (Wildman–Crippen MR) is 79.3 cm³/mol. The summed E-state index contributed by atoms with van der Waals surface area (Å²) >= 11 is 0. The van der Waals surface area contributed by atoms with Crippen LogP contribution in [0.5, 0.6) is 0 Å². The largest absolute Gasteiger partial charge is 0.343 e. The first-order valence-corrected chi connectivity index (χ1v) is 7.39. The molecule has 0 aromatic heterocycles. The van der Waals surface area contributed by atoms with Crippen molar-refractivity contribution in [1.29, 1.82) is 5.26 Å². The fourth-order valence-corrected chi connectivity index (χ4v) is 2.62. The minimum atomic E-state index is -0.329. The monoisotopic (exact) mass is 270 g/mol. The maximum Gasteiger partial charge on any atom is 0.224 e. The highest BCUT2D eigenvalue weighted by Gasteiger charge is 2.22. The molecule has 0 aliphatic carbocycles. The highest BCUT2D eigenvalue weighted by Crippen LogP contribution is 2.23. The number of carbonyl (C=O) groups is 1. The van der Waals surface area contributed by atoms with Crippen molar-refractivity contribution < 1.29 is 4.79 Å². The number of likely N-dealkylation sites (tertiary alicyclic amines) is 1. The van der Waals surface area contributed by atoms with Crippen LogP contribution in [0.1, 0.15) is 56.1 Å². The number of carbonyl (C=O) groups excluding carboxylic acids is 1. The summed E-state index contributed by atoms with van der Waals surface area (Å²) in [5, 5.41) is 9.33. The minimum absolute atomic E-state index is 0.113. The van der Waals surface area contributed by atoms with E-state index in [0.29, 0.717) is 12.3 Å². The van der Waals surface area contributed by atoms with Crippen molar-refractivity contribution in [3.8, 4) is 6.07 Å². The second kappa shape index (κ2) is 6.56. The Morgan fingerprint density at radius 3 is 2.25 bits per heavy atom. The second-order valence-electron chi connectivity index (χ2n) is 5.80. The number of rotatable bonds is 4. The van der Waals surface area contributed by atoms with Gasteiger partial charge in [-0.25, -0.2) is 0 Å². The van der Waals surface area contributed by atoms with Gasteiger partial charge in [-0.1, -0.05) is 38.1 Å². The number of benzene rings is 1. The van der Waals surface area contributed by atoms with E-state index in [1.807, 2.05) is 17.0 Å². The molecule has 2 rings (SSSR count). The Bertz CT molecular complexity index is 493. The molecule has 1 saturated heterocycles. The smallest absolute Gasteiger partial charge is 0.224 e. The summed E-state index contributed by atoms with van der Waals surface area (Å²) in [5.41, 5.74) is 2.21. The number of hydrogen-bond acceptors (Lipinski definition) is 2. The summed E-state index contributed by atoms with van der Waals surface area (Å²) in [6.45, 7) is 5.99. The van der Waals surface area contributed by atoms with Gasteiger partial charge >= 0.3 is 0 Å². The standard InChI is InChI=1S/C17H22N2O/c1-13(2)14-5-7-15(8-6-14)16(12-18)11-17(20)19-9-3-4-10-19/h5-8,13,16H,3-4,9-11H2,1-2H3. The molecular formula is C17H22N2O. The lowest BCUT2D eigenvalue weighted by Gasteiger charge is -2.17. The van der Waals surface area contributed by atoms with Gasteiger partial charge in [0.05, 0.1) is 12.0 Å². The molecule has 1 heterocycles. The molecule has 20 heavy (non-hydrogen) atoms. The quantitative estimate of drug-likeness (QED) is 0.841. The van der Waals surface area contributed by atoms with Crippen molar-refractivity contribution in [1.82, 2.24) is 4.90 Å². The maximum absolute atomic E-state index is 12.1. The zero-order chi connectivity index (χ0) is 14.5. The summed E-state index contributed by atoms with van der Waals surface area (Å²) in [6, 6.07) is 10.4. The maximum atomic E-state index is 12.1. The molecule has 1 aliphatic heterocycles. The average molecular weight is 270 g/mol. The van der Waals surface area contributed by atoms with Crippen LogP contribution in [0.4, 0.5) is 0 Å². The van der Waals surface area contributed by atoms with Gasteiger partial charge in [0, 0.05) is 19.5 Å². The zero-order valence-electron chi connectivity index (χ0n) is 12.3. The Morgan fingerprint density at radius 1 is 1.20 bits per heavy atom. The van der Waals surface area contributed by atoms with E-state index in [1.165, 1.54) is 5.56 Å². The van der Waals surface area contributed by atoms with E-state index < -0.39 is 0 Å². The molecule has 1 atom stereocenters. The van der Waals surface area contributed by atoms with Crippen molar-refractivity contribution in [2.45, 2.75) is 44.9 Å². The Hall–Kier alpha value is -1.82. The van der Waals surface area contributed by atoms with E-state index >= 15 is 0 Å². The van der Waals surface area contributed by atoms with Gasteiger partial charge in [0.2, 0.25) is 5.91 Å². The molecule has 1 unspecified atom stereocenters. The first-order chi connectivity index (χ1) is 9.61.